The molecule has 0 aliphatic heterocycles. The van der Waals surface area contributed by atoms with Gasteiger partial charge < -0.3 is 20.3 Å². The van der Waals surface area contributed by atoms with E-state index in [4.69, 9.17) is 9.88 Å². The molecule has 26 heavy (non-hydrogen) atoms. The Morgan fingerprint density at radius 2 is 1.77 bits per heavy atom. The molecule has 1 rings (SSSR count). The van der Waals surface area contributed by atoms with Gasteiger partial charge in [0.2, 0.25) is 10.0 Å². The minimum atomic E-state index is -3.76. The van der Waals surface area contributed by atoms with Crippen molar-refractivity contribution in [2.75, 3.05) is 25.5 Å². The van der Waals surface area contributed by atoms with Gasteiger partial charge in [-0.3, -0.25) is 0 Å². The monoisotopic (exact) mass is 386 g/mol. The summed E-state index contributed by atoms with van der Waals surface area (Å²) in [7, 11) is -2.14. The van der Waals surface area contributed by atoms with Gasteiger partial charge in [-0.15, -0.1) is 0 Å². The summed E-state index contributed by atoms with van der Waals surface area (Å²) in [6.45, 7) is 6.16. The molecule has 0 aromatic heterocycles. The number of sulfonamides is 1. The van der Waals surface area contributed by atoms with Crippen molar-refractivity contribution in [1.82, 2.24) is 10.2 Å². The summed E-state index contributed by atoms with van der Waals surface area (Å²) in [5.41, 5.74) is -0.122. The van der Waals surface area contributed by atoms with Crippen LogP contribution in [0.2, 0.25) is 0 Å². The molecule has 9 nitrogen and oxygen atoms in total. The lowest BCUT2D eigenvalue weighted by Gasteiger charge is -2.24. The molecule has 0 aliphatic carbocycles. The topological polar surface area (TPSA) is 131 Å². The van der Waals surface area contributed by atoms with Crippen LogP contribution in [0.25, 0.3) is 0 Å². The third kappa shape index (κ3) is 8.17. The van der Waals surface area contributed by atoms with Gasteiger partial charge in [0, 0.05) is 25.8 Å². The Morgan fingerprint density at radius 3 is 2.27 bits per heavy atom. The molecule has 1 aromatic rings. The fraction of sp³-hybridized carbons (Fsp3) is 0.500. The Kier molecular flexibility index (Phi) is 7.40. The number of urea groups is 1. The molecule has 0 bridgehead atoms. The van der Waals surface area contributed by atoms with Gasteiger partial charge in [0.05, 0.1) is 4.90 Å². The maximum absolute atomic E-state index is 11.8. The van der Waals surface area contributed by atoms with Gasteiger partial charge in [0.25, 0.3) is 0 Å². The lowest BCUT2D eigenvalue weighted by molar-refractivity contribution is 0.0297. The van der Waals surface area contributed by atoms with Crippen LogP contribution in [0.3, 0.4) is 0 Å². The van der Waals surface area contributed by atoms with Crippen LogP contribution in [0.15, 0.2) is 29.2 Å². The smallest absolute Gasteiger partial charge is 0.410 e. The molecular weight excluding hydrogens is 360 g/mol. The van der Waals surface area contributed by atoms with Crippen LogP contribution >= 0.6 is 0 Å². The van der Waals surface area contributed by atoms with E-state index in [2.05, 4.69) is 10.6 Å². The largest absolute Gasteiger partial charge is 0.444 e. The van der Waals surface area contributed by atoms with Crippen molar-refractivity contribution < 1.29 is 22.7 Å². The summed E-state index contributed by atoms with van der Waals surface area (Å²) < 4.78 is 27.5. The third-order valence-corrected chi connectivity index (χ3v) is 4.03. The molecule has 10 heteroatoms. The van der Waals surface area contributed by atoms with E-state index in [1.54, 1.807) is 27.8 Å². The number of primary sulfonamides is 1. The lowest BCUT2D eigenvalue weighted by atomic mass is 10.2. The number of amides is 3. The summed E-state index contributed by atoms with van der Waals surface area (Å²) in [4.78, 5) is 25.0. The maximum atomic E-state index is 11.8. The minimum absolute atomic E-state index is 0.0337. The van der Waals surface area contributed by atoms with Crippen LogP contribution in [0.5, 0.6) is 0 Å². The van der Waals surface area contributed by atoms with Crippen molar-refractivity contribution in [1.29, 1.82) is 0 Å². The van der Waals surface area contributed by atoms with E-state index in [-0.39, 0.29) is 4.90 Å². The van der Waals surface area contributed by atoms with Crippen LogP contribution in [-0.2, 0) is 14.8 Å². The van der Waals surface area contributed by atoms with Crippen molar-refractivity contribution in [3.63, 3.8) is 0 Å². The number of ether oxygens (including phenoxy) is 1. The van der Waals surface area contributed by atoms with Crippen molar-refractivity contribution in [3.8, 4) is 0 Å². The molecule has 0 atom stereocenters. The van der Waals surface area contributed by atoms with Gasteiger partial charge >= 0.3 is 12.1 Å². The number of nitrogens with zero attached hydrogens (tertiary/aromatic N) is 1. The molecule has 0 saturated heterocycles. The average molecular weight is 386 g/mol. The molecule has 0 unspecified atom stereocenters. The fourth-order valence-corrected chi connectivity index (χ4v) is 2.37. The van der Waals surface area contributed by atoms with Gasteiger partial charge in [-0.1, -0.05) is 0 Å². The Balaban J connectivity index is 2.33. The molecule has 1 aromatic carbocycles. The van der Waals surface area contributed by atoms with Gasteiger partial charge in [0.1, 0.15) is 5.60 Å². The number of nitrogens with one attached hydrogen (secondary N) is 2. The zero-order valence-electron chi connectivity index (χ0n) is 15.4. The first-order chi connectivity index (χ1) is 11.9. The van der Waals surface area contributed by atoms with Gasteiger partial charge in [-0.2, -0.15) is 0 Å². The Labute approximate surface area is 153 Å². The second-order valence-corrected chi connectivity index (χ2v) is 8.27. The number of nitrogens with two attached hydrogens (primary N) is 1. The molecule has 146 valence electrons. The zero-order chi connectivity index (χ0) is 20.0. The predicted molar refractivity (Wildman–Crippen MR) is 98.3 cm³/mol. The number of anilines is 1. The number of rotatable bonds is 6. The van der Waals surface area contributed by atoms with E-state index in [1.165, 1.54) is 29.2 Å². The molecule has 0 fully saturated rings. The van der Waals surface area contributed by atoms with E-state index in [0.717, 1.165) is 0 Å². The van der Waals surface area contributed by atoms with Crippen LogP contribution in [0, 0.1) is 0 Å². The van der Waals surface area contributed by atoms with Gasteiger partial charge in [0.15, 0.2) is 0 Å². The number of benzene rings is 1. The number of carbonyl (C=O) groups excluding carboxylic acids is 2. The minimum Gasteiger partial charge on any atom is -0.444 e. The molecule has 4 N–H and O–H groups in total. The van der Waals surface area contributed by atoms with Crippen molar-refractivity contribution in [2.45, 2.75) is 37.7 Å². The van der Waals surface area contributed by atoms with Crippen LogP contribution in [-0.4, -0.2) is 51.2 Å². The molecule has 0 spiro atoms. The SMILES string of the molecule is CN(CCCNC(=O)Nc1ccc(S(N)(=O)=O)cc1)C(=O)OC(C)(C)C. The van der Waals surface area contributed by atoms with E-state index in [1.807, 2.05) is 0 Å². The number of hydrogen-bond donors (Lipinski definition) is 3. The summed E-state index contributed by atoms with van der Waals surface area (Å²) in [5, 5.41) is 10.2. The molecule has 0 saturated carbocycles. The van der Waals surface area contributed by atoms with Crippen LogP contribution < -0.4 is 15.8 Å². The first-order valence-electron chi connectivity index (χ1n) is 8.00. The highest BCUT2D eigenvalue weighted by Gasteiger charge is 2.19. The van der Waals surface area contributed by atoms with Crippen LogP contribution in [0.1, 0.15) is 27.2 Å². The highest BCUT2D eigenvalue weighted by Crippen LogP contribution is 2.12. The van der Waals surface area contributed by atoms with Crippen molar-refractivity contribution in [2.24, 2.45) is 5.14 Å². The molecule has 0 aliphatic rings. The van der Waals surface area contributed by atoms with E-state index in [9.17, 15) is 18.0 Å². The van der Waals surface area contributed by atoms with E-state index >= 15 is 0 Å². The fourth-order valence-electron chi connectivity index (χ4n) is 1.85. The normalized spacial score (nSPS) is 11.6. The Morgan fingerprint density at radius 1 is 1.19 bits per heavy atom. The summed E-state index contributed by atoms with van der Waals surface area (Å²) in [6, 6.07) is 5.06. The van der Waals surface area contributed by atoms with Crippen LogP contribution in [0.4, 0.5) is 15.3 Å². The molecule has 3 amide bonds. The summed E-state index contributed by atoms with van der Waals surface area (Å²) >= 11 is 0. The number of hydrogen-bond acceptors (Lipinski definition) is 5. The average Bonchev–Trinajstić information content (AvgIpc) is 2.49. The van der Waals surface area contributed by atoms with Crippen molar-refractivity contribution >= 4 is 27.8 Å². The highest BCUT2D eigenvalue weighted by atomic mass is 32.2. The first kappa shape index (κ1) is 21.7. The zero-order valence-corrected chi connectivity index (χ0v) is 16.2. The number of carbonyl (C=O) groups is 2. The van der Waals surface area contributed by atoms with Gasteiger partial charge in [-0.05, 0) is 51.5 Å². The lowest BCUT2D eigenvalue weighted by Crippen LogP contribution is -2.36. The van der Waals surface area contributed by atoms with Gasteiger partial charge in [-0.25, -0.2) is 23.1 Å². The summed E-state index contributed by atoms with van der Waals surface area (Å²) in [5.74, 6) is 0. The second kappa shape index (κ2) is 8.86. The Bertz CT molecular complexity index is 726. The highest BCUT2D eigenvalue weighted by molar-refractivity contribution is 7.89. The predicted octanol–water partition coefficient (Wildman–Crippen LogP) is 1.71. The maximum Gasteiger partial charge on any atom is 0.410 e. The quantitative estimate of drug-likeness (QED) is 0.641. The Hall–Kier alpha value is -2.33. The summed E-state index contributed by atoms with van der Waals surface area (Å²) in [6.07, 6.45) is 0.130. The first-order valence-corrected chi connectivity index (χ1v) is 9.55. The van der Waals surface area contributed by atoms with Crippen molar-refractivity contribution in [3.05, 3.63) is 24.3 Å². The molecular formula is C16H26N4O5S. The van der Waals surface area contributed by atoms with E-state index in [0.29, 0.717) is 25.2 Å². The standard InChI is InChI=1S/C16H26N4O5S/c1-16(2,3)25-15(22)20(4)11-5-10-18-14(21)19-12-6-8-13(9-7-12)26(17,23)24/h6-9H,5,10-11H2,1-4H3,(H2,17,23,24)(H2,18,19,21). The van der Waals surface area contributed by atoms with E-state index < -0.39 is 27.7 Å². The molecule has 0 heterocycles. The molecule has 0 radical (unpaired) electrons. The third-order valence-electron chi connectivity index (χ3n) is 3.10. The second-order valence-electron chi connectivity index (χ2n) is 6.71.